The quantitative estimate of drug-likeness (QED) is 0.553. The molecule has 0 fully saturated rings. The fourth-order valence-electron chi connectivity index (χ4n) is 4.07. The van der Waals surface area contributed by atoms with Crippen molar-refractivity contribution < 1.29 is 8.42 Å². The van der Waals surface area contributed by atoms with E-state index in [1.807, 2.05) is 47.0 Å². The van der Waals surface area contributed by atoms with E-state index in [9.17, 15) is 8.42 Å². The van der Waals surface area contributed by atoms with Crippen molar-refractivity contribution in [3.8, 4) is 0 Å². The highest BCUT2D eigenvalue weighted by molar-refractivity contribution is 7.89. The van der Waals surface area contributed by atoms with Crippen molar-refractivity contribution in [2.45, 2.75) is 58.9 Å². The molecule has 29 heavy (non-hydrogen) atoms. The number of aryl methyl sites for hydroxylation is 5. The molecule has 0 amide bonds. The summed E-state index contributed by atoms with van der Waals surface area (Å²) in [6, 6.07) is 10.2. The van der Waals surface area contributed by atoms with Crippen molar-refractivity contribution in [3.63, 3.8) is 0 Å². The van der Waals surface area contributed by atoms with Crippen LogP contribution in [0.3, 0.4) is 0 Å². The predicted octanol–water partition coefficient (Wildman–Crippen LogP) is 4.76. The van der Waals surface area contributed by atoms with Gasteiger partial charge in [0.25, 0.3) is 0 Å². The van der Waals surface area contributed by atoms with Crippen LogP contribution in [0.5, 0.6) is 0 Å². The third-order valence-electron chi connectivity index (χ3n) is 5.11. The molecule has 5 heteroatoms. The fourth-order valence-corrected chi connectivity index (χ4v) is 5.95. The Balaban J connectivity index is 2.39. The summed E-state index contributed by atoms with van der Waals surface area (Å²) < 4.78 is 29.1. The van der Waals surface area contributed by atoms with Gasteiger partial charge in [0, 0.05) is 13.1 Å². The summed E-state index contributed by atoms with van der Waals surface area (Å²) in [6.45, 7) is 11.8. The molecule has 0 aliphatic heterocycles. The van der Waals surface area contributed by atoms with E-state index in [1.54, 1.807) is 4.31 Å². The molecule has 0 saturated heterocycles. The molecule has 0 aromatic heterocycles. The van der Waals surface area contributed by atoms with Gasteiger partial charge in [0.15, 0.2) is 0 Å². The van der Waals surface area contributed by atoms with Crippen LogP contribution in [0, 0.1) is 34.6 Å². The van der Waals surface area contributed by atoms with Gasteiger partial charge in [-0.2, -0.15) is 4.31 Å². The first-order chi connectivity index (χ1) is 13.5. The third-order valence-corrected chi connectivity index (χ3v) is 7.26. The molecule has 0 aliphatic carbocycles. The second-order valence-electron chi connectivity index (χ2n) is 8.57. The Morgan fingerprint density at radius 3 is 1.72 bits per heavy atom. The van der Waals surface area contributed by atoms with Crippen molar-refractivity contribution in [1.82, 2.24) is 9.21 Å². The van der Waals surface area contributed by atoms with E-state index in [0.29, 0.717) is 18.0 Å². The molecule has 160 valence electrons. The lowest BCUT2D eigenvalue weighted by atomic mass is 10.1. The monoisotopic (exact) mass is 416 g/mol. The van der Waals surface area contributed by atoms with Gasteiger partial charge in [-0.1, -0.05) is 47.0 Å². The minimum absolute atomic E-state index is 0.402. The Labute approximate surface area is 177 Å². The fraction of sp³-hybridized carbons (Fsp3) is 0.500. The largest absolute Gasteiger partial charge is 0.309 e. The van der Waals surface area contributed by atoms with Gasteiger partial charge in [-0.3, -0.25) is 0 Å². The maximum Gasteiger partial charge on any atom is 0.243 e. The number of hydrogen-bond donors (Lipinski definition) is 0. The molecule has 0 N–H and O–H groups in total. The number of rotatable bonds is 9. The van der Waals surface area contributed by atoms with Crippen molar-refractivity contribution in [3.05, 3.63) is 63.7 Å². The van der Waals surface area contributed by atoms with E-state index in [-0.39, 0.29) is 0 Å². The zero-order valence-electron chi connectivity index (χ0n) is 19.0. The van der Waals surface area contributed by atoms with Gasteiger partial charge in [0.1, 0.15) is 0 Å². The van der Waals surface area contributed by atoms with Crippen LogP contribution in [0.15, 0.2) is 35.2 Å². The maximum absolute atomic E-state index is 13.7. The smallest absolute Gasteiger partial charge is 0.243 e. The Morgan fingerprint density at radius 2 is 1.21 bits per heavy atom. The predicted molar refractivity (Wildman–Crippen MR) is 122 cm³/mol. The summed E-state index contributed by atoms with van der Waals surface area (Å²) in [6.07, 6.45) is 1.81. The van der Waals surface area contributed by atoms with Crippen LogP contribution < -0.4 is 0 Å². The number of benzene rings is 2. The van der Waals surface area contributed by atoms with Crippen molar-refractivity contribution >= 4 is 10.0 Å². The molecular formula is C24H36N2O2S. The average Bonchev–Trinajstić information content (AvgIpc) is 2.55. The van der Waals surface area contributed by atoms with Crippen molar-refractivity contribution in [2.75, 3.05) is 27.2 Å². The molecule has 0 bridgehead atoms. The molecule has 0 spiro atoms. The number of sulfonamides is 1. The first-order valence-corrected chi connectivity index (χ1v) is 11.7. The second-order valence-corrected chi connectivity index (χ2v) is 10.4. The lowest BCUT2D eigenvalue weighted by molar-refractivity contribution is 0.358. The highest BCUT2D eigenvalue weighted by atomic mass is 32.2. The summed E-state index contributed by atoms with van der Waals surface area (Å²) in [5, 5.41) is 0. The van der Waals surface area contributed by atoms with Crippen molar-refractivity contribution in [2.24, 2.45) is 0 Å². The second kappa shape index (κ2) is 9.88. The van der Waals surface area contributed by atoms with Crippen LogP contribution in [0.4, 0.5) is 0 Å². The number of hydrogen-bond acceptors (Lipinski definition) is 3. The number of unbranched alkanes of at least 4 members (excludes halogenated alkanes) is 1. The number of nitrogens with zero attached hydrogens (tertiary/aromatic N) is 2. The molecule has 0 heterocycles. The van der Waals surface area contributed by atoms with Gasteiger partial charge in [0.05, 0.1) is 4.90 Å². The van der Waals surface area contributed by atoms with E-state index in [0.717, 1.165) is 52.8 Å². The normalized spacial score (nSPS) is 12.2. The van der Waals surface area contributed by atoms with Gasteiger partial charge in [-0.25, -0.2) is 8.42 Å². The Hall–Kier alpha value is -1.69. The average molecular weight is 417 g/mol. The van der Waals surface area contributed by atoms with E-state index >= 15 is 0 Å². The molecular weight excluding hydrogens is 380 g/mol. The Morgan fingerprint density at radius 1 is 0.724 bits per heavy atom. The van der Waals surface area contributed by atoms with Crippen molar-refractivity contribution in [1.29, 1.82) is 0 Å². The van der Waals surface area contributed by atoms with E-state index in [4.69, 9.17) is 0 Å². The summed E-state index contributed by atoms with van der Waals surface area (Å²) in [5.41, 5.74) is 6.09. The van der Waals surface area contributed by atoms with E-state index in [1.165, 1.54) is 0 Å². The Kier molecular flexibility index (Phi) is 8.03. The standard InChI is InChI=1S/C24H36N2O2S/c1-18-12-19(2)16-23(15-18)17-26(11-9-8-10-25(6)7)29(27,28)24-21(4)13-20(3)14-22(24)5/h12-16H,8-11,17H2,1-7H3. The molecule has 0 aliphatic rings. The molecule has 2 aromatic carbocycles. The van der Waals surface area contributed by atoms with Gasteiger partial charge in [0.2, 0.25) is 10.0 Å². The molecule has 0 radical (unpaired) electrons. The highest BCUT2D eigenvalue weighted by Crippen LogP contribution is 2.27. The van der Waals surface area contributed by atoms with Crippen LogP contribution in [-0.2, 0) is 16.6 Å². The van der Waals surface area contributed by atoms with Gasteiger partial charge < -0.3 is 4.90 Å². The van der Waals surface area contributed by atoms with Crippen LogP contribution in [0.25, 0.3) is 0 Å². The first-order valence-electron chi connectivity index (χ1n) is 10.3. The minimum Gasteiger partial charge on any atom is -0.309 e. The third kappa shape index (κ3) is 6.39. The van der Waals surface area contributed by atoms with Crippen LogP contribution in [0.2, 0.25) is 0 Å². The molecule has 2 aromatic rings. The molecule has 2 rings (SSSR count). The summed E-state index contributed by atoms with van der Waals surface area (Å²) in [4.78, 5) is 2.59. The van der Waals surface area contributed by atoms with Crippen LogP contribution in [-0.4, -0.2) is 44.8 Å². The van der Waals surface area contributed by atoms with Gasteiger partial charge in [-0.05, 0) is 84.8 Å². The molecule has 0 unspecified atom stereocenters. The molecule has 0 saturated carbocycles. The molecule has 4 nitrogen and oxygen atoms in total. The van der Waals surface area contributed by atoms with E-state index in [2.05, 4.69) is 36.9 Å². The summed E-state index contributed by atoms with van der Waals surface area (Å²) in [7, 11) is 0.505. The minimum atomic E-state index is -3.58. The lowest BCUT2D eigenvalue weighted by Crippen LogP contribution is -2.33. The summed E-state index contributed by atoms with van der Waals surface area (Å²) in [5.74, 6) is 0. The van der Waals surface area contributed by atoms with Crippen LogP contribution in [0.1, 0.15) is 46.2 Å². The van der Waals surface area contributed by atoms with Crippen LogP contribution >= 0.6 is 0 Å². The topological polar surface area (TPSA) is 40.6 Å². The summed E-state index contributed by atoms with van der Waals surface area (Å²) >= 11 is 0. The van der Waals surface area contributed by atoms with Gasteiger partial charge >= 0.3 is 0 Å². The highest BCUT2D eigenvalue weighted by Gasteiger charge is 2.28. The SMILES string of the molecule is Cc1cc(C)cc(CN(CCCCN(C)C)S(=O)(=O)c2c(C)cc(C)cc2C)c1. The van der Waals surface area contributed by atoms with E-state index < -0.39 is 10.0 Å². The zero-order valence-corrected chi connectivity index (χ0v) is 19.9. The maximum atomic E-state index is 13.7. The lowest BCUT2D eigenvalue weighted by Gasteiger charge is -2.25. The zero-order chi connectivity index (χ0) is 21.8. The van der Waals surface area contributed by atoms with Gasteiger partial charge in [-0.15, -0.1) is 0 Å². The first kappa shape index (κ1) is 23.6. The molecule has 0 atom stereocenters. The Bertz CT molecular complexity index is 906.